The van der Waals surface area contributed by atoms with E-state index in [9.17, 15) is 4.39 Å². The average Bonchev–Trinajstić information content (AvgIpc) is 2.41. The standard InChI is InChI=1S/C14H15ClFN3/c1-2-12-13(15)18-9-19-14(12)17-8-7-10-3-5-11(16)6-4-10/h3-6,9H,2,7-8H2,1H3,(H,17,18,19). The van der Waals surface area contributed by atoms with Crippen LogP contribution in [0.1, 0.15) is 18.1 Å². The van der Waals surface area contributed by atoms with Crippen molar-refractivity contribution in [3.05, 3.63) is 52.7 Å². The molecule has 0 aliphatic carbocycles. The van der Waals surface area contributed by atoms with Gasteiger partial charge in [-0.15, -0.1) is 0 Å². The van der Waals surface area contributed by atoms with Crippen molar-refractivity contribution in [2.45, 2.75) is 19.8 Å². The van der Waals surface area contributed by atoms with Crippen molar-refractivity contribution < 1.29 is 4.39 Å². The molecule has 2 rings (SSSR count). The summed E-state index contributed by atoms with van der Waals surface area (Å²) in [5.41, 5.74) is 2.00. The van der Waals surface area contributed by atoms with Crippen LogP contribution in [0.4, 0.5) is 10.2 Å². The van der Waals surface area contributed by atoms with Crippen molar-refractivity contribution in [2.75, 3.05) is 11.9 Å². The van der Waals surface area contributed by atoms with E-state index in [1.165, 1.54) is 18.5 Å². The minimum absolute atomic E-state index is 0.215. The van der Waals surface area contributed by atoms with Gasteiger partial charge in [-0.2, -0.15) is 0 Å². The fraction of sp³-hybridized carbons (Fsp3) is 0.286. The van der Waals surface area contributed by atoms with E-state index in [1.807, 2.05) is 6.92 Å². The highest BCUT2D eigenvalue weighted by molar-refractivity contribution is 6.30. The SMILES string of the molecule is CCc1c(Cl)ncnc1NCCc1ccc(F)cc1. The molecule has 1 heterocycles. The third kappa shape index (κ3) is 3.64. The maximum Gasteiger partial charge on any atom is 0.137 e. The summed E-state index contributed by atoms with van der Waals surface area (Å²) < 4.78 is 12.8. The number of nitrogens with zero attached hydrogens (tertiary/aromatic N) is 2. The van der Waals surface area contributed by atoms with Crippen LogP contribution in [0.15, 0.2) is 30.6 Å². The Morgan fingerprint density at radius 3 is 2.63 bits per heavy atom. The zero-order valence-electron chi connectivity index (χ0n) is 10.7. The predicted molar refractivity (Wildman–Crippen MR) is 75.0 cm³/mol. The first-order valence-corrected chi connectivity index (χ1v) is 6.56. The van der Waals surface area contributed by atoms with E-state index in [1.54, 1.807) is 12.1 Å². The number of aromatic nitrogens is 2. The van der Waals surface area contributed by atoms with Crippen LogP contribution in [0, 0.1) is 5.82 Å². The lowest BCUT2D eigenvalue weighted by Crippen LogP contribution is -2.09. The van der Waals surface area contributed by atoms with Crippen molar-refractivity contribution in [3.63, 3.8) is 0 Å². The second-order valence-electron chi connectivity index (χ2n) is 4.15. The lowest BCUT2D eigenvalue weighted by molar-refractivity contribution is 0.627. The quantitative estimate of drug-likeness (QED) is 0.852. The minimum atomic E-state index is -0.215. The van der Waals surface area contributed by atoms with Crippen LogP contribution in [0.25, 0.3) is 0 Å². The molecular weight excluding hydrogens is 265 g/mol. The third-order valence-electron chi connectivity index (χ3n) is 2.87. The van der Waals surface area contributed by atoms with Gasteiger partial charge in [0.05, 0.1) is 0 Å². The molecule has 1 aromatic heterocycles. The molecular formula is C14H15ClFN3. The summed E-state index contributed by atoms with van der Waals surface area (Å²) in [5.74, 6) is 0.553. The van der Waals surface area contributed by atoms with Gasteiger partial charge >= 0.3 is 0 Å². The van der Waals surface area contributed by atoms with Crippen molar-refractivity contribution >= 4 is 17.4 Å². The number of halogens is 2. The molecule has 0 atom stereocenters. The summed E-state index contributed by atoms with van der Waals surface area (Å²) in [7, 11) is 0. The molecule has 0 aliphatic heterocycles. The highest BCUT2D eigenvalue weighted by Gasteiger charge is 2.07. The zero-order chi connectivity index (χ0) is 13.7. The Morgan fingerprint density at radius 2 is 1.95 bits per heavy atom. The van der Waals surface area contributed by atoms with Crippen LogP contribution in [-0.4, -0.2) is 16.5 Å². The van der Waals surface area contributed by atoms with Gasteiger partial charge in [0.25, 0.3) is 0 Å². The van der Waals surface area contributed by atoms with Crippen LogP contribution >= 0.6 is 11.6 Å². The van der Waals surface area contributed by atoms with E-state index < -0.39 is 0 Å². The normalized spacial score (nSPS) is 10.5. The van der Waals surface area contributed by atoms with E-state index in [-0.39, 0.29) is 5.82 Å². The third-order valence-corrected chi connectivity index (χ3v) is 3.19. The van der Waals surface area contributed by atoms with Crippen LogP contribution in [0.5, 0.6) is 0 Å². The average molecular weight is 280 g/mol. The molecule has 0 radical (unpaired) electrons. The Kier molecular flexibility index (Phi) is 4.68. The number of nitrogens with one attached hydrogen (secondary N) is 1. The molecule has 0 saturated heterocycles. The van der Waals surface area contributed by atoms with E-state index >= 15 is 0 Å². The molecule has 100 valence electrons. The molecule has 0 unspecified atom stereocenters. The number of anilines is 1. The Morgan fingerprint density at radius 1 is 1.21 bits per heavy atom. The van der Waals surface area contributed by atoms with E-state index in [2.05, 4.69) is 15.3 Å². The van der Waals surface area contributed by atoms with Crippen LogP contribution < -0.4 is 5.32 Å². The molecule has 1 N–H and O–H groups in total. The highest BCUT2D eigenvalue weighted by atomic mass is 35.5. The maximum atomic E-state index is 12.8. The number of benzene rings is 1. The zero-order valence-corrected chi connectivity index (χ0v) is 11.4. The van der Waals surface area contributed by atoms with Gasteiger partial charge in [-0.25, -0.2) is 14.4 Å². The number of hydrogen-bond acceptors (Lipinski definition) is 3. The minimum Gasteiger partial charge on any atom is -0.369 e. The Labute approximate surface area is 116 Å². The number of hydrogen-bond donors (Lipinski definition) is 1. The van der Waals surface area contributed by atoms with Gasteiger partial charge in [-0.3, -0.25) is 0 Å². The lowest BCUT2D eigenvalue weighted by Gasteiger charge is -2.10. The lowest BCUT2D eigenvalue weighted by atomic mass is 10.1. The monoisotopic (exact) mass is 279 g/mol. The Hall–Kier alpha value is -1.68. The Bertz CT molecular complexity index is 543. The molecule has 0 saturated carbocycles. The predicted octanol–water partition coefficient (Wildman–Crippen LogP) is 3.49. The van der Waals surface area contributed by atoms with Crippen LogP contribution in [0.3, 0.4) is 0 Å². The van der Waals surface area contributed by atoms with E-state index in [0.29, 0.717) is 11.7 Å². The van der Waals surface area contributed by atoms with E-state index in [4.69, 9.17) is 11.6 Å². The van der Waals surface area contributed by atoms with Crippen LogP contribution in [0.2, 0.25) is 5.15 Å². The summed E-state index contributed by atoms with van der Waals surface area (Å²) >= 11 is 6.01. The molecule has 0 amide bonds. The van der Waals surface area contributed by atoms with Gasteiger partial charge in [0.1, 0.15) is 23.1 Å². The molecule has 0 bridgehead atoms. The molecule has 19 heavy (non-hydrogen) atoms. The first-order chi connectivity index (χ1) is 9.20. The van der Waals surface area contributed by atoms with Crippen molar-refractivity contribution in [1.82, 2.24) is 9.97 Å². The van der Waals surface area contributed by atoms with Gasteiger partial charge in [0, 0.05) is 12.1 Å². The summed E-state index contributed by atoms with van der Waals surface area (Å²) in [6, 6.07) is 6.50. The van der Waals surface area contributed by atoms with Gasteiger partial charge in [-0.05, 0) is 30.5 Å². The molecule has 5 heteroatoms. The summed E-state index contributed by atoms with van der Waals surface area (Å²) in [5, 5.41) is 3.73. The first-order valence-electron chi connectivity index (χ1n) is 6.18. The molecule has 0 fully saturated rings. The summed E-state index contributed by atoms with van der Waals surface area (Å²) in [6.07, 6.45) is 3.02. The van der Waals surface area contributed by atoms with Crippen LogP contribution in [-0.2, 0) is 12.8 Å². The topological polar surface area (TPSA) is 37.8 Å². The largest absolute Gasteiger partial charge is 0.369 e. The number of rotatable bonds is 5. The molecule has 2 aromatic rings. The first kappa shape index (κ1) is 13.7. The van der Waals surface area contributed by atoms with Gasteiger partial charge < -0.3 is 5.32 Å². The van der Waals surface area contributed by atoms with E-state index in [0.717, 1.165) is 29.8 Å². The molecule has 3 nitrogen and oxygen atoms in total. The summed E-state index contributed by atoms with van der Waals surface area (Å²) in [4.78, 5) is 8.15. The van der Waals surface area contributed by atoms with Gasteiger partial charge in [0.2, 0.25) is 0 Å². The Balaban J connectivity index is 1.96. The molecule has 0 aliphatic rings. The molecule has 1 aromatic carbocycles. The van der Waals surface area contributed by atoms with Gasteiger partial charge in [-0.1, -0.05) is 30.7 Å². The second kappa shape index (κ2) is 6.48. The van der Waals surface area contributed by atoms with Gasteiger partial charge in [0.15, 0.2) is 0 Å². The second-order valence-corrected chi connectivity index (χ2v) is 4.51. The fourth-order valence-electron chi connectivity index (χ4n) is 1.83. The maximum absolute atomic E-state index is 12.8. The van der Waals surface area contributed by atoms with Crippen molar-refractivity contribution in [3.8, 4) is 0 Å². The smallest absolute Gasteiger partial charge is 0.137 e. The van der Waals surface area contributed by atoms with Crippen molar-refractivity contribution in [2.24, 2.45) is 0 Å². The highest BCUT2D eigenvalue weighted by Crippen LogP contribution is 2.20. The van der Waals surface area contributed by atoms with Crippen molar-refractivity contribution in [1.29, 1.82) is 0 Å². The summed E-state index contributed by atoms with van der Waals surface area (Å²) in [6.45, 7) is 2.72. The molecule has 0 spiro atoms. The fourth-order valence-corrected chi connectivity index (χ4v) is 2.10.